The minimum absolute atomic E-state index is 0.0459. The van der Waals surface area contributed by atoms with Gasteiger partial charge in [-0.3, -0.25) is 4.68 Å². The van der Waals surface area contributed by atoms with Gasteiger partial charge in [0.1, 0.15) is 10.8 Å². The van der Waals surface area contributed by atoms with Crippen LogP contribution in [0.15, 0.2) is 24.4 Å². The van der Waals surface area contributed by atoms with Crippen molar-refractivity contribution in [2.75, 3.05) is 0 Å². The van der Waals surface area contributed by atoms with Crippen molar-refractivity contribution in [1.29, 1.82) is 0 Å². The summed E-state index contributed by atoms with van der Waals surface area (Å²) in [6.07, 6.45) is 1.53. The van der Waals surface area contributed by atoms with E-state index >= 15 is 0 Å². The van der Waals surface area contributed by atoms with Crippen molar-refractivity contribution in [3.8, 4) is 0 Å². The zero-order valence-corrected chi connectivity index (χ0v) is 11.2. The van der Waals surface area contributed by atoms with Crippen LogP contribution in [0, 0.1) is 12.7 Å². The first kappa shape index (κ1) is 13.0. The maximum atomic E-state index is 14.1. The van der Waals surface area contributed by atoms with E-state index < -0.39 is 5.82 Å². The predicted molar refractivity (Wildman–Crippen MR) is 73.4 cm³/mol. The molecule has 2 N–H and O–H groups in total. The van der Waals surface area contributed by atoms with Gasteiger partial charge in [0.25, 0.3) is 0 Å². The number of rotatable bonds is 3. The van der Waals surface area contributed by atoms with Gasteiger partial charge in [-0.1, -0.05) is 36.0 Å². The van der Waals surface area contributed by atoms with E-state index in [0.717, 1.165) is 5.69 Å². The van der Waals surface area contributed by atoms with Crippen molar-refractivity contribution < 1.29 is 4.39 Å². The van der Waals surface area contributed by atoms with Gasteiger partial charge in [0.2, 0.25) is 0 Å². The lowest BCUT2D eigenvalue weighted by atomic mass is 10.1. The van der Waals surface area contributed by atoms with E-state index in [9.17, 15) is 4.39 Å². The van der Waals surface area contributed by atoms with E-state index in [2.05, 4.69) is 5.10 Å². The van der Waals surface area contributed by atoms with E-state index in [0.29, 0.717) is 17.1 Å². The molecule has 94 valence electrons. The van der Waals surface area contributed by atoms with Crippen LogP contribution in [0.25, 0.3) is 0 Å². The highest BCUT2D eigenvalue weighted by Crippen LogP contribution is 2.18. The van der Waals surface area contributed by atoms with E-state index in [1.54, 1.807) is 22.9 Å². The second-order valence-corrected chi connectivity index (χ2v) is 4.73. The summed E-state index contributed by atoms with van der Waals surface area (Å²) < 4.78 is 15.7. The minimum atomic E-state index is -0.406. The van der Waals surface area contributed by atoms with Crippen LogP contribution in [0.5, 0.6) is 0 Å². The van der Waals surface area contributed by atoms with Gasteiger partial charge >= 0.3 is 0 Å². The molecule has 0 radical (unpaired) electrons. The largest absolute Gasteiger partial charge is 0.389 e. The molecule has 0 amide bonds. The number of hydrogen-bond donors (Lipinski definition) is 1. The molecular weight excluding hydrogens is 273 g/mol. The Hall–Kier alpha value is -1.46. The molecule has 6 heteroatoms. The summed E-state index contributed by atoms with van der Waals surface area (Å²) in [5, 5.41) is 4.64. The average molecular weight is 284 g/mol. The zero-order valence-electron chi connectivity index (χ0n) is 9.65. The molecule has 0 bridgehead atoms. The first-order chi connectivity index (χ1) is 8.50. The van der Waals surface area contributed by atoms with Crippen molar-refractivity contribution >= 4 is 28.8 Å². The predicted octanol–water partition coefficient (Wildman–Crippen LogP) is 2.67. The van der Waals surface area contributed by atoms with Gasteiger partial charge in [-0.15, -0.1) is 0 Å². The number of aromatic nitrogens is 2. The fourth-order valence-electron chi connectivity index (χ4n) is 1.64. The first-order valence-electron chi connectivity index (χ1n) is 5.26. The van der Waals surface area contributed by atoms with Crippen LogP contribution in [0.3, 0.4) is 0 Å². The van der Waals surface area contributed by atoms with E-state index in [1.807, 2.05) is 6.92 Å². The maximum absolute atomic E-state index is 14.1. The summed E-state index contributed by atoms with van der Waals surface area (Å²) in [7, 11) is 0. The number of halogens is 2. The van der Waals surface area contributed by atoms with Gasteiger partial charge < -0.3 is 5.73 Å². The van der Waals surface area contributed by atoms with Crippen LogP contribution < -0.4 is 5.73 Å². The SMILES string of the molecule is Cc1c(Cl)cnn1Cc1cccc(C(N)=S)c1F. The Balaban J connectivity index is 2.38. The minimum Gasteiger partial charge on any atom is -0.389 e. The summed E-state index contributed by atoms with van der Waals surface area (Å²) in [5.74, 6) is -0.406. The van der Waals surface area contributed by atoms with Gasteiger partial charge in [-0.05, 0) is 13.0 Å². The van der Waals surface area contributed by atoms with Crippen LogP contribution in [0.2, 0.25) is 5.02 Å². The fraction of sp³-hybridized carbons (Fsp3) is 0.167. The number of nitrogens with zero attached hydrogens (tertiary/aromatic N) is 2. The molecule has 1 aromatic heterocycles. The third-order valence-electron chi connectivity index (χ3n) is 2.71. The number of benzene rings is 1. The molecule has 1 heterocycles. The van der Waals surface area contributed by atoms with Gasteiger partial charge in [0.15, 0.2) is 0 Å². The molecule has 0 unspecified atom stereocenters. The summed E-state index contributed by atoms with van der Waals surface area (Å²) >= 11 is 10.7. The molecule has 0 aliphatic rings. The van der Waals surface area contributed by atoms with Crippen molar-refractivity contribution in [1.82, 2.24) is 9.78 Å². The summed E-state index contributed by atoms with van der Waals surface area (Å²) in [5.41, 5.74) is 6.97. The van der Waals surface area contributed by atoms with Gasteiger partial charge in [-0.25, -0.2) is 4.39 Å². The fourth-order valence-corrected chi connectivity index (χ4v) is 1.94. The Labute approximate surface area is 114 Å². The molecule has 0 atom stereocenters. The van der Waals surface area contributed by atoms with Crippen LogP contribution in [0.1, 0.15) is 16.8 Å². The molecule has 0 spiro atoms. The van der Waals surface area contributed by atoms with Crippen LogP contribution in [-0.2, 0) is 6.54 Å². The molecule has 1 aromatic carbocycles. The van der Waals surface area contributed by atoms with Gasteiger partial charge in [0, 0.05) is 11.1 Å². The Kier molecular flexibility index (Phi) is 3.63. The molecule has 0 aliphatic carbocycles. The molecule has 2 rings (SSSR count). The Bertz CT molecular complexity index is 609. The van der Waals surface area contributed by atoms with E-state index in [-0.39, 0.29) is 10.6 Å². The maximum Gasteiger partial charge on any atom is 0.138 e. The summed E-state index contributed by atoms with van der Waals surface area (Å²) in [6, 6.07) is 4.95. The lowest BCUT2D eigenvalue weighted by Gasteiger charge is -2.08. The normalized spacial score (nSPS) is 10.6. The number of nitrogens with two attached hydrogens (primary N) is 1. The van der Waals surface area contributed by atoms with Crippen molar-refractivity contribution in [2.45, 2.75) is 13.5 Å². The molecular formula is C12H11ClFN3S. The smallest absolute Gasteiger partial charge is 0.138 e. The lowest BCUT2D eigenvalue weighted by molar-refractivity contribution is 0.578. The monoisotopic (exact) mass is 283 g/mol. The van der Waals surface area contributed by atoms with Crippen molar-refractivity contribution in [2.24, 2.45) is 5.73 Å². The third-order valence-corrected chi connectivity index (χ3v) is 3.30. The van der Waals surface area contributed by atoms with Crippen molar-refractivity contribution in [3.63, 3.8) is 0 Å². The Morgan fingerprint density at radius 1 is 1.56 bits per heavy atom. The molecule has 0 saturated heterocycles. The summed E-state index contributed by atoms with van der Waals surface area (Å²) in [4.78, 5) is 0.0459. The van der Waals surface area contributed by atoms with Crippen LogP contribution >= 0.6 is 23.8 Å². The highest BCUT2D eigenvalue weighted by atomic mass is 35.5. The van der Waals surface area contributed by atoms with E-state index in [1.165, 1.54) is 6.20 Å². The standard InChI is InChI=1S/C12H11ClFN3S/c1-7-10(13)5-16-17(7)6-8-3-2-4-9(11(8)14)12(15)18/h2-5H,6H2,1H3,(H2,15,18). The topological polar surface area (TPSA) is 43.8 Å². The lowest BCUT2D eigenvalue weighted by Crippen LogP contribution is -2.14. The van der Waals surface area contributed by atoms with E-state index in [4.69, 9.17) is 29.6 Å². The molecule has 0 fully saturated rings. The van der Waals surface area contributed by atoms with Crippen LogP contribution in [-0.4, -0.2) is 14.8 Å². The van der Waals surface area contributed by atoms with Gasteiger partial charge in [-0.2, -0.15) is 5.10 Å². The van der Waals surface area contributed by atoms with Crippen LogP contribution in [0.4, 0.5) is 4.39 Å². The average Bonchev–Trinajstić information content (AvgIpc) is 2.63. The molecule has 0 saturated carbocycles. The number of thiocarbonyl (C=S) groups is 1. The molecule has 18 heavy (non-hydrogen) atoms. The third kappa shape index (κ3) is 2.37. The zero-order chi connectivity index (χ0) is 13.3. The highest BCUT2D eigenvalue weighted by Gasteiger charge is 2.12. The molecule has 2 aromatic rings. The Morgan fingerprint density at radius 3 is 2.83 bits per heavy atom. The highest BCUT2D eigenvalue weighted by molar-refractivity contribution is 7.80. The molecule has 3 nitrogen and oxygen atoms in total. The quantitative estimate of drug-likeness (QED) is 0.881. The Morgan fingerprint density at radius 2 is 2.28 bits per heavy atom. The number of hydrogen-bond acceptors (Lipinski definition) is 2. The second kappa shape index (κ2) is 5.04. The van der Waals surface area contributed by atoms with Crippen molar-refractivity contribution in [3.05, 3.63) is 52.1 Å². The van der Waals surface area contributed by atoms with Gasteiger partial charge in [0.05, 0.1) is 23.5 Å². The second-order valence-electron chi connectivity index (χ2n) is 3.88. The summed E-state index contributed by atoms with van der Waals surface area (Å²) in [6.45, 7) is 2.12. The first-order valence-corrected chi connectivity index (χ1v) is 6.04. The molecule has 0 aliphatic heterocycles.